The van der Waals surface area contributed by atoms with Crippen molar-refractivity contribution in [3.63, 3.8) is 0 Å². The number of likely N-dealkylation sites (tertiary alicyclic amines) is 1. The largest absolute Gasteiger partial charge is 0.352 e. The van der Waals surface area contributed by atoms with Crippen molar-refractivity contribution in [1.82, 2.24) is 20.1 Å². The summed E-state index contributed by atoms with van der Waals surface area (Å²) in [5.74, 6) is -0.355. The Bertz CT molecular complexity index is 1010. The van der Waals surface area contributed by atoms with E-state index < -0.39 is 0 Å². The van der Waals surface area contributed by atoms with Gasteiger partial charge in [0, 0.05) is 38.3 Å². The topological polar surface area (TPSA) is 89.3 Å². The Balaban J connectivity index is 1.49. The van der Waals surface area contributed by atoms with E-state index in [2.05, 4.69) is 22.1 Å². The third kappa shape index (κ3) is 6.92. The van der Waals surface area contributed by atoms with E-state index in [4.69, 9.17) is 28.5 Å². The van der Waals surface area contributed by atoms with Crippen LogP contribution in [0, 0.1) is 18.3 Å². The van der Waals surface area contributed by atoms with Gasteiger partial charge in [0.25, 0.3) is 5.91 Å². The second-order valence-corrected chi connectivity index (χ2v) is 10.1. The van der Waals surface area contributed by atoms with Crippen LogP contribution >= 0.6 is 34.5 Å². The number of thiophene rings is 1. The Morgan fingerprint density at radius 1 is 1.38 bits per heavy atom. The molecule has 3 rings (SSSR count). The number of hydrogen-bond donors (Lipinski definition) is 1. The number of halogens is 2. The molecule has 2 aromatic heterocycles. The average Bonchev–Trinajstić information content (AvgIpc) is 3.30. The van der Waals surface area contributed by atoms with E-state index >= 15 is 0 Å². The van der Waals surface area contributed by atoms with Crippen LogP contribution in [0.15, 0.2) is 22.9 Å². The summed E-state index contributed by atoms with van der Waals surface area (Å²) in [6.45, 7) is 6.74. The van der Waals surface area contributed by atoms with Crippen LogP contribution in [0.5, 0.6) is 0 Å². The van der Waals surface area contributed by atoms with Crippen molar-refractivity contribution >= 4 is 46.4 Å². The molecular weight excluding hydrogens is 493 g/mol. The Labute approximate surface area is 214 Å². The fraction of sp³-hybridized carbons (Fsp3) is 0.500. The van der Waals surface area contributed by atoms with Crippen LogP contribution in [0.3, 0.4) is 0 Å². The molecule has 0 spiro atoms. The predicted molar refractivity (Wildman–Crippen MR) is 135 cm³/mol. The minimum atomic E-state index is -0.252. The van der Waals surface area contributed by atoms with Crippen molar-refractivity contribution in [2.24, 2.45) is 0 Å². The molecule has 10 heteroatoms. The molecule has 1 aliphatic heterocycles. The maximum atomic E-state index is 12.6. The summed E-state index contributed by atoms with van der Waals surface area (Å²) in [6, 6.07) is 6.05. The number of nitrogens with zero attached hydrogens (tertiary/aromatic N) is 4. The maximum absolute atomic E-state index is 12.6. The Kier molecular flexibility index (Phi) is 9.72. The first-order valence-electron chi connectivity index (χ1n) is 11.3. The van der Waals surface area contributed by atoms with E-state index in [1.54, 1.807) is 24.3 Å². The SMILES string of the molecule is Cc1cc(Cl)nc(Cl)c1C(=O)NCC[C@@H](C)N1CCC(N(Cc2ccsc2)C(=O)CC#N)CC1. The molecular formula is C24H29Cl2N5O2S. The summed E-state index contributed by atoms with van der Waals surface area (Å²) >= 11 is 13.6. The van der Waals surface area contributed by atoms with Gasteiger partial charge in [0.05, 0.1) is 11.6 Å². The number of carbonyl (C=O) groups is 2. The number of pyridine rings is 1. The molecule has 1 atom stereocenters. The minimum Gasteiger partial charge on any atom is -0.352 e. The molecule has 0 aliphatic carbocycles. The highest BCUT2D eigenvalue weighted by molar-refractivity contribution is 7.07. The fourth-order valence-corrected chi connectivity index (χ4v) is 5.62. The third-order valence-corrected chi connectivity index (χ3v) is 7.46. The van der Waals surface area contributed by atoms with E-state index in [9.17, 15) is 9.59 Å². The van der Waals surface area contributed by atoms with Crippen molar-refractivity contribution in [1.29, 1.82) is 5.26 Å². The summed E-state index contributed by atoms with van der Waals surface area (Å²) in [5.41, 5.74) is 2.15. The monoisotopic (exact) mass is 521 g/mol. The molecule has 0 bridgehead atoms. The number of rotatable bonds is 9. The van der Waals surface area contributed by atoms with Gasteiger partial charge in [-0.3, -0.25) is 9.59 Å². The van der Waals surface area contributed by atoms with Gasteiger partial charge in [0.15, 0.2) is 0 Å². The van der Waals surface area contributed by atoms with Crippen LogP contribution in [0.1, 0.15) is 54.1 Å². The number of amides is 2. The molecule has 2 amide bonds. The second-order valence-electron chi connectivity index (χ2n) is 8.58. The molecule has 1 N–H and O–H groups in total. The Morgan fingerprint density at radius 2 is 2.12 bits per heavy atom. The van der Waals surface area contributed by atoms with Crippen molar-refractivity contribution in [3.05, 3.63) is 49.9 Å². The Morgan fingerprint density at radius 3 is 2.74 bits per heavy atom. The molecule has 2 aromatic rings. The van der Waals surface area contributed by atoms with Crippen LogP contribution in [-0.4, -0.2) is 58.3 Å². The second kappa shape index (κ2) is 12.5. The minimum absolute atomic E-state index is 0.0902. The molecule has 0 unspecified atom stereocenters. The van der Waals surface area contributed by atoms with Gasteiger partial charge in [-0.25, -0.2) is 4.98 Å². The average molecular weight is 523 g/mol. The quantitative estimate of drug-likeness (QED) is 0.484. The third-order valence-electron chi connectivity index (χ3n) is 6.26. The molecule has 1 saturated heterocycles. The van der Waals surface area contributed by atoms with Crippen LogP contribution in [0.25, 0.3) is 0 Å². The first kappa shape index (κ1) is 26.4. The van der Waals surface area contributed by atoms with Crippen LogP contribution in [0.4, 0.5) is 0 Å². The predicted octanol–water partition coefficient (Wildman–Crippen LogP) is 4.67. The summed E-state index contributed by atoms with van der Waals surface area (Å²) < 4.78 is 0. The smallest absolute Gasteiger partial charge is 0.254 e. The number of aryl methyl sites for hydroxylation is 1. The van der Waals surface area contributed by atoms with E-state index in [0.29, 0.717) is 24.2 Å². The van der Waals surface area contributed by atoms with Gasteiger partial charge in [-0.05, 0) is 67.1 Å². The zero-order valence-electron chi connectivity index (χ0n) is 19.4. The first-order valence-corrected chi connectivity index (χ1v) is 13.0. The molecule has 1 aliphatic rings. The summed E-state index contributed by atoms with van der Waals surface area (Å²) in [4.78, 5) is 33.4. The number of piperidine rings is 1. The molecule has 7 nitrogen and oxygen atoms in total. The van der Waals surface area contributed by atoms with Gasteiger partial charge in [0.2, 0.25) is 5.91 Å². The molecule has 0 aromatic carbocycles. The van der Waals surface area contributed by atoms with Crippen molar-refractivity contribution < 1.29 is 9.59 Å². The zero-order chi connectivity index (χ0) is 24.7. The highest BCUT2D eigenvalue weighted by atomic mass is 35.5. The fourth-order valence-electron chi connectivity index (χ4n) is 4.34. The highest BCUT2D eigenvalue weighted by Crippen LogP contribution is 2.23. The van der Waals surface area contributed by atoms with E-state index in [1.807, 2.05) is 27.8 Å². The van der Waals surface area contributed by atoms with E-state index in [1.165, 1.54) is 0 Å². The summed E-state index contributed by atoms with van der Waals surface area (Å²) in [5, 5.41) is 16.4. The van der Waals surface area contributed by atoms with Gasteiger partial charge in [-0.2, -0.15) is 16.6 Å². The molecule has 34 heavy (non-hydrogen) atoms. The lowest BCUT2D eigenvalue weighted by molar-refractivity contribution is -0.134. The lowest BCUT2D eigenvalue weighted by Gasteiger charge is -2.40. The number of carbonyl (C=O) groups excluding carboxylic acids is 2. The van der Waals surface area contributed by atoms with Crippen LogP contribution in [0.2, 0.25) is 10.3 Å². The standard InChI is InChI=1S/C24H29Cl2N5O2S/c1-16-13-20(25)29-23(26)22(16)24(33)28-9-4-17(2)30-10-5-19(6-11-30)31(21(32)3-8-27)14-18-7-12-34-15-18/h7,12-13,15,17,19H,3-6,9-11,14H2,1-2H3,(H,28,33)/t17-/m1/s1. The number of aromatic nitrogens is 1. The lowest BCUT2D eigenvalue weighted by Crippen LogP contribution is -2.49. The molecule has 3 heterocycles. The number of hydrogen-bond acceptors (Lipinski definition) is 6. The summed E-state index contributed by atoms with van der Waals surface area (Å²) in [7, 11) is 0. The van der Waals surface area contributed by atoms with Gasteiger partial charge in [-0.15, -0.1) is 0 Å². The van der Waals surface area contributed by atoms with Crippen molar-refractivity contribution in [2.75, 3.05) is 19.6 Å². The summed E-state index contributed by atoms with van der Waals surface area (Å²) in [6.07, 6.45) is 2.43. The normalized spacial score (nSPS) is 15.5. The number of nitriles is 1. The maximum Gasteiger partial charge on any atom is 0.254 e. The van der Waals surface area contributed by atoms with Gasteiger partial charge >= 0.3 is 0 Å². The van der Waals surface area contributed by atoms with Crippen LogP contribution < -0.4 is 5.32 Å². The van der Waals surface area contributed by atoms with Crippen molar-refractivity contribution in [3.8, 4) is 6.07 Å². The zero-order valence-corrected chi connectivity index (χ0v) is 21.7. The Hall–Kier alpha value is -2.18. The molecule has 0 radical (unpaired) electrons. The molecule has 1 fully saturated rings. The highest BCUT2D eigenvalue weighted by Gasteiger charge is 2.29. The van der Waals surface area contributed by atoms with Gasteiger partial charge < -0.3 is 15.1 Å². The van der Waals surface area contributed by atoms with E-state index in [0.717, 1.165) is 37.9 Å². The number of nitrogens with one attached hydrogen (secondary N) is 1. The van der Waals surface area contributed by atoms with E-state index in [-0.39, 0.29) is 40.6 Å². The van der Waals surface area contributed by atoms with Gasteiger partial charge in [0.1, 0.15) is 16.7 Å². The molecule has 182 valence electrons. The van der Waals surface area contributed by atoms with Crippen LogP contribution in [-0.2, 0) is 11.3 Å². The lowest BCUT2D eigenvalue weighted by atomic mass is 10.00. The van der Waals surface area contributed by atoms with Crippen molar-refractivity contribution in [2.45, 2.75) is 58.2 Å². The van der Waals surface area contributed by atoms with Gasteiger partial charge in [-0.1, -0.05) is 23.2 Å². The molecule has 0 saturated carbocycles. The first-order chi connectivity index (χ1) is 16.3.